The van der Waals surface area contributed by atoms with Gasteiger partial charge in [0.25, 0.3) is 0 Å². The van der Waals surface area contributed by atoms with E-state index >= 15 is 0 Å². The number of carbonyl (C=O) groups excluding carboxylic acids is 2. The van der Waals surface area contributed by atoms with Crippen LogP contribution in [-0.4, -0.2) is 39.4 Å². The van der Waals surface area contributed by atoms with E-state index in [2.05, 4.69) is 31.3 Å². The van der Waals surface area contributed by atoms with Crippen molar-refractivity contribution < 1.29 is 9.59 Å². The first-order valence-electron chi connectivity index (χ1n) is 12.0. The summed E-state index contributed by atoms with van der Waals surface area (Å²) >= 11 is 0. The molecule has 0 aliphatic rings. The first-order chi connectivity index (χ1) is 16.2. The molecule has 180 valence electrons. The number of aromatic nitrogens is 2. The number of nitrogens with one attached hydrogen (secondary N) is 1. The molecule has 1 heterocycles. The van der Waals surface area contributed by atoms with Crippen molar-refractivity contribution in [2.45, 2.75) is 47.5 Å². The van der Waals surface area contributed by atoms with Crippen molar-refractivity contribution >= 4 is 17.8 Å². The van der Waals surface area contributed by atoms with E-state index in [1.165, 1.54) is 5.56 Å². The molecule has 34 heavy (non-hydrogen) atoms. The van der Waals surface area contributed by atoms with Crippen molar-refractivity contribution in [1.29, 1.82) is 0 Å². The van der Waals surface area contributed by atoms with Crippen LogP contribution >= 0.6 is 0 Å². The number of anilines is 1. The van der Waals surface area contributed by atoms with Gasteiger partial charge in [-0.05, 0) is 29.5 Å². The minimum atomic E-state index is -0.264. The van der Waals surface area contributed by atoms with E-state index in [1.807, 2.05) is 80.9 Å². The van der Waals surface area contributed by atoms with E-state index in [4.69, 9.17) is 4.98 Å². The summed E-state index contributed by atoms with van der Waals surface area (Å²) in [6.07, 6.45) is 1.93. The Morgan fingerprint density at radius 3 is 2.15 bits per heavy atom. The number of benzene rings is 2. The monoisotopic (exact) mass is 460 g/mol. The first kappa shape index (κ1) is 25.2. The Morgan fingerprint density at radius 2 is 1.59 bits per heavy atom. The lowest BCUT2D eigenvalue weighted by molar-refractivity contribution is -0.138. The molecule has 0 unspecified atom stereocenters. The summed E-state index contributed by atoms with van der Waals surface area (Å²) in [4.78, 5) is 32.1. The Labute approximate surface area is 203 Å². The largest absolute Gasteiger partial charge is 0.333 e. The van der Waals surface area contributed by atoms with E-state index in [0.29, 0.717) is 18.4 Å². The van der Waals surface area contributed by atoms with Gasteiger partial charge in [0, 0.05) is 29.9 Å². The lowest BCUT2D eigenvalue weighted by atomic mass is 10.0. The number of nitrogens with zero attached hydrogens (tertiary/aromatic N) is 3. The molecule has 2 amide bonds. The van der Waals surface area contributed by atoms with Gasteiger partial charge in [-0.1, -0.05) is 84.0 Å². The van der Waals surface area contributed by atoms with Gasteiger partial charge in [0.05, 0.1) is 12.2 Å². The fourth-order valence-electron chi connectivity index (χ4n) is 3.81. The van der Waals surface area contributed by atoms with Gasteiger partial charge < -0.3 is 4.90 Å². The molecule has 3 aromatic rings. The summed E-state index contributed by atoms with van der Waals surface area (Å²) < 4.78 is 1.89. The fraction of sp³-hybridized carbons (Fsp3) is 0.393. The SMILES string of the molecule is CC(C)CN(CC(=O)Nc1nc(-c2ccccc2)cn1-c1ccc(C(C)C)cc1)C(=O)C(C)C. The number of amides is 2. The third kappa shape index (κ3) is 6.34. The molecular weight excluding hydrogens is 424 g/mol. The van der Waals surface area contributed by atoms with E-state index in [1.54, 1.807) is 4.90 Å². The maximum absolute atomic E-state index is 13.0. The minimum absolute atomic E-state index is 0.00495. The van der Waals surface area contributed by atoms with Crippen LogP contribution in [-0.2, 0) is 9.59 Å². The quantitative estimate of drug-likeness (QED) is 0.443. The average molecular weight is 461 g/mol. The van der Waals surface area contributed by atoms with Crippen molar-refractivity contribution in [2.24, 2.45) is 11.8 Å². The van der Waals surface area contributed by atoms with Gasteiger partial charge in [-0.3, -0.25) is 19.5 Å². The molecule has 0 atom stereocenters. The highest BCUT2D eigenvalue weighted by Crippen LogP contribution is 2.25. The lowest BCUT2D eigenvalue weighted by Crippen LogP contribution is -2.42. The van der Waals surface area contributed by atoms with E-state index < -0.39 is 0 Å². The maximum Gasteiger partial charge on any atom is 0.246 e. The second-order valence-corrected chi connectivity index (χ2v) is 9.75. The second kappa shape index (κ2) is 11.1. The number of carbonyl (C=O) groups is 2. The summed E-state index contributed by atoms with van der Waals surface area (Å²) in [7, 11) is 0. The van der Waals surface area contributed by atoms with Crippen molar-refractivity contribution in [1.82, 2.24) is 14.5 Å². The zero-order valence-corrected chi connectivity index (χ0v) is 21.1. The van der Waals surface area contributed by atoms with Crippen LogP contribution in [0.2, 0.25) is 0 Å². The third-order valence-corrected chi connectivity index (χ3v) is 5.59. The van der Waals surface area contributed by atoms with Crippen LogP contribution < -0.4 is 5.32 Å². The van der Waals surface area contributed by atoms with E-state index in [0.717, 1.165) is 16.9 Å². The van der Waals surface area contributed by atoms with Gasteiger partial charge in [0.2, 0.25) is 17.8 Å². The van der Waals surface area contributed by atoms with Crippen LogP contribution in [0, 0.1) is 11.8 Å². The molecule has 6 nitrogen and oxygen atoms in total. The molecule has 0 aliphatic carbocycles. The van der Waals surface area contributed by atoms with Gasteiger partial charge >= 0.3 is 0 Å². The molecular formula is C28H36N4O2. The summed E-state index contributed by atoms with van der Waals surface area (Å²) in [5.74, 6) is 0.671. The first-order valence-corrected chi connectivity index (χ1v) is 12.0. The van der Waals surface area contributed by atoms with Crippen LogP contribution in [0.25, 0.3) is 16.9 Å². The van der Waals surface area contributed by atoms with Crippen molar-refractivity contribution in [2.75, 3.05) is 18.4 Å². The van der Waals surface area contributed by atoms with Gasteiger partial charge in [-0.25, -0.2) is 4.98 Å². The van der Waals surface area contributed by atoms with Crippen LogP contribution in [0.15, 0.2) is 60.8 Å². The molecule has 0 bridgehead atoms. The predicted octanol–water partition coefficient (Wildman–Crippen LogP) is 5.74. The van der Waals surface area contributed by atoms with E-state index in [-0.39, 0.29) is 30.2 Å². The zero-order valence-electron chi connectivity index (χ0n) is 21.1. The van der Waals surface area contributed by atoms with Crippen LogP contribution in [0.1, 0.15) is 53.0 Å². The standard InChI is InChI=1S/C28H36N4O2/c1-19(2)16-31(27(34)21(5)6)18-26(33)30-28-29-25(23-10-8-7-9-11-23)17-32(28)24-14-12-22(13-15-24)20(3)4/h7-15,17,19-21H,16,18H2,1-6H3,(H,29,30,33). The Bertz CT molecular complexity index is 1100. The lowest BCUT2D eigenvalue weighted by Gasteiger charge is -2.25. The number of rotatable bonds is 9. The van der Waals surface area contributed by atoms with Crippen LogP contribution in [0.4, 0.5) is 5.95 Å². The molecule has 0 radical (unpaired) electrons. The summed E-state index contributed by atoms with van der Waals surface area (Å²) in [6.45, 7) is 12.6. The molecule has 1 aromatic heterocycles. The maximum atomic E-state index is 13.0. The Morgan fingerprint density at radius 1 is 0.941 bits per heavy atom. The van der Waals surface area contributed by atoms with E-state index in [9.17, 15) is 9.59 Å². The van der Waals surface area contributed by atoms with Crippen LogP contribution in [0.3, 0.4) is 0 Å². The molecule has 2 aromatic carbocycles. The van der Waals surface area contributed by atoms with Crippen LogP contribution in [0.5, 0.6) is 0 Å². The fourth-order valence-corrected chi connectivity index (χ4v) is 3.81. The highest BCUT2D eigenvalue weighted by molar-refractivity contribution is 5.94. The highest BCUT2D eigenvalue weighted by Gasteiger charge is 2.22. The molecule has 0 aliphatic heterocycles. The minimum Gasteiger partial charge on any atom is -0.333 e. The molecule has 0 spiro atoms. The van der Waals surface area contributed by atoms with Gasteiger partial charge in [-0.2, -0.15) is 0 Å². The Balaban J connectivity index is 1.91. The molecule has 0 saturated heterocycles. The molecule has 3 rings (SSSR count). The predicted molar refractivity (Wildman–Crippen MR) is 138 cm³/mol. The van der Waals surface area contributed by atoms with Gasteiger partial charge in [-0.15, -0.1) is 0 Å². The summed E-state index contributed by atoms with van der Waals surface area (Å²) in [5, 5.41) is 2.95. The third-order valence-electron chi connectivity index (χ3n) is 5.59. The van der Waals surface area contributed by atoms with Gasteiger partial charge in [0.1, 0.15) is 0 Å². The highest BCUT2D eigenvalue weighted by atomic mass is 16.2. The van der Waals surface area contributed by atoms with Crippen molar-refractivity contribution in [3.8, 4) is 16.9 Å². The van der Waals surface area contributed by atoms with Gasteiger partial charge in [0.15, 0.2) is 0 Å². The van der Waals surface area contributed by atoms with Crippen molar-refractivity contribution in [3.05, 3.63) is 66.4 Å². The number of hydrogen-bond acceptors (Lipinski definition) is 3. The smallest absolute Gasteiger partial charge is 0.246 e. The average Bonchev–Trinajstić information content (AvgIpc) is 3.22. The summed E-state index contributed by atoms with van der Waals surface area (Å²) in [5.41, 5.74) is 3.88. The number of imidazole rings is 1. The zero-order chi connectivity index (χ0) is 24.8. The molecule has 0 saturated carbocycles. The van der Waals surface area contributed by atoms with Crippen molar-refractivity contribution in [3.63, 3.8) is 0 Å². The topological polar surface area (TPSA) is 67.2 Å². The Hall–Kier alpha value is -3.41. The molecule has 6 heteroatoms. The normalized spacial score (nSPS) is 11.3. The molecule has 1 N–H and O–H groups in total. The summed E-state index contributed by atoms with van der Waals surface area (Å²) in [6, 6.07) is 18.1. The molecule has 0 fully saturated rings. The Kier molecular flexibility index (Phi) is 8.26. The number of hydrogen-bond donors (Lipinski definition) is 1. The second-order valence-electron chi connectivity index (χ2n) is 9.75.